The number of amides is 2. The van der Waals surface area contributed by atoms with E-state index in [1.54, 1.807) is 20.8 Å². The van der Waals surface area contributed by atoms with Gasteiger partial charge in [-0.3, -0.25) is 4.79 Å². The molecule has 0 unspecified atom stereocenters. The number of rotatable bonds is 8. The van der Waals surface area contributed by atoms with Crippen molar-refractivity contribution >= 4 is 18.0 Å². The average Bonchev–Trinajstić information content (AvgIpc) is 2.70. The van der Waals surface area contributed by atoms with Crippen molar-refractivity contribution in [1.29, 1.82) is 0 Å². The Hall–Kier alpha value is -3.35. The average molecular weight is 412 g/mol. The van der Waals surface area contributed by atoms with Crippen molar-refractivity contribution in [3.8, 4) is 0 Å². The third-order valence-electron chi connectivity index (χ3n) is 3.92. The molecule has 0 aliphatic carbocycles. The highest BCUT2D eigenvalue weighted by molar-refractivity contribution is 5.87. The minimum absolute atomic E-state index is 0.108. The van der Waals surface area contributed by atoms with Crippen molar-refractivity contribution < 1.29 is 23.9 Å². The number of esters is 1. The van der Waals surface area contributed by atoms with Gasteiger partial charge in [0.05, 0.1) is 0 Å². The second-order valence-electron chi connectivity index (χ2n) is 7.76. The Morgan fingerprint density at radius 2 is 1.47 bits per heavy atom. The van der Waals surface area contributed by atoms with E-state index in [1.807, 2.05) is 60.7 Å². The minimum Gasteiger partial charge on any atom is -0.459 e. The molecule has 0 aromatic heterocycles. The summed E-state index contributed by atoms with van der Waals surface area (Å²) in [6, 6.07) is 17.7. The molecule has 0 aliphatic heterocycles. The maximum Gasteiger partial charge on any atom is 0.408 e. The standard InChI is InChI=1S/C23H28N2O5/c1-23(2,3)30-22(28)24-15-20(26)25-19(14-17-10-6-4-7-11-17)21(27)29-16-18-12-8-5-9-13-18/h4-13,19H,14-16H2,1-3H3,(H,24,28)(H,25,26)/t19-/m1/s1. The quantitative estimate of drug-likeness (QED) is 0.650. The summed E-state index contributed by atoms with van der Waals surface area (Å²) in [5.41, 5.74) is 1.05. The van der Waals surface area contributed by atoms with E-state index in [2.05, 4.69) is 10.6 Å². The van der Waals surface area contributed by atoms with Gasteiger partial charge in [0, 0.05) is 6.42 Å². The van der Waals surface area contributed by atoms with Crippen molar-refractivity contribution in [3.63, 3.8) is 0 Å². The molecule has 0 saturated heterocycles. The lowest BCUT2D eigenvalue weighted by atomic mass is 10.1. The Bertz CT molecular complexity index is 832. The molecular formula is C23H28N2O5. The highest BCUT2D eigenvalue weighted by Gasteiger charge is 2.24. The Kier molecular flexibility index (Phi) is 8.41. The highest BCUT2D eigenvalue weighted by Crippen LogP contribution is 2.08. The first-order valence-electron chi connectivity index (χ1n) is 9.73. The summed E-state index contributed by atoms with van der Waals surface area (Å²) >= 11 is 0. The number of hydrogen-bond donors (Lipinski definition) is 2. The van der Waals surface area contributed by atoms with Crippen LogP contribution >= 0.6 is 0 Å². The van der Waals surface area contributed by atoms with Crippen LogP contribution in [0.5, 0.6) is 0 Å². The summed E-state index contributed by atoms with van der Waals surface area (Å²) in [4.78, 5) is 36.7. The Labute approximate surface area is 176 Å². The van der Waals surface area contributed by atoms with Gasteiger partial charge in [0.2, 0.25) is 5.91 Å². The van der Waals surface area contributed by atoms with Gasteiger partial charge >= 0.3 is 12.1 Å². The molecule has 2 rings (SSSR count). The smallest absolute Gasteiger partial charge is 0.408 e. The van der Waals surface area contributed by atoms with Gasteiger partial charge < -0.3 is 20.1 Å². The van der Waals surface area contributed by atoms with Crippen molar-refractivity contribution in [2.24, 2.45) is 0 Å². The van der Waals surface area contributed by atoms with E-state index >= 15 is 0 Å². The van der Waals surface area contributed by atoms with E-state index in [0.29, 0.717) is 0 Å². The third kappa shape index (κ3) is 8.77. The van der Waals surface area contributed by atoms with Crippen LogP contribution in [-0.4, -0.2) is 36.2 Å². The normalized spacial score (nSPS) is 11.8. The zero-order valence-electron chi connectivity index (χ0n) is 17.5. The number of hydrogen-bond acceptors (Lipinski definition) is 5. The number of benzene rings is 2. The fourth-order valence-electron chi connectivity index (χ4n) is 2.58. The molecule has 7 nitrogen and oxygen atoms in total. The van der Waals surface area contributed by atoms with E-state index in [-0.39, 0.29) is 19.6 Å². The van der Waals surface area contributed by atoms with Crippen LogP contribution in [0.25, 0.3) is 0 Å². The molecule has 0 fully saturated rings. The Morgan fingerprint density at radius 1 is 0.900 bits per heavy atom. The summed E-state index contributed by atoms with van der Waals surface area (Å²) in [7, 11) is 0. The molecule has 1 atom stereocenters. The van der Waals surface area contributed by atoms with Crippen LogP contribution in [0.2, 0.25) is 0 Å². The highest BCUT2D eigenvalue weighted by atomic mass is 16.6. The van der Waals surface area contributed by atoms with Gasteiger partial charge in [0.1, 0.15) is 24.8 Å². The SMILES string of the molecule is CC(C)(C)OC(=O)NCC(=O)N[C@H](Cc1ccccc1)C(=O)OCc1ccccc1. The van der Waals surface area contributed by atoms with Crippen LogP contribution in [0.15, 0.2) is 60.7 Å². The predicted molar refractivity (Wildman–Crippen MR) is 113 cm³/mol. The summed E-state index contributed by atoms with van der Waals surface area (Å²) < 4.78 is 10.5. The number of carbonyl (C=O) groups is 3. The van der Waals surface area contributed by atoms with Gasteiger partial charge in [0.25, 0.3) is 0 Å². The molecule has 0 bridgehead atoms. The third-order valence-corrected chi connectivity index (χ3v) is 3.92. The summed E-state index contributed by atoms with van der Waals surface area (Å²) in [5, 5.41) is 5.02. The Morgan fingerprint density at radius 3 is 2.03 bits per heavy atom. The van der Waals surface area contributed by atoms with Gasteiger partial charge in [0.15, 0.2) is 0 Å². The first-order chi connectivity index (χ1) is 14.2. The van der Waals surface area contributed by atoms with Crippen molar-refractivity contribution in [2.75, 3.05) is 6.54 Å². The maximum atomic E-state index is 12.6. The Balaban J connectivity index is 1.95. The molecule has 0 spiro atoms. The largest absolute Gasteiger partial charge is 0.459 e. The molecule has 2 aromatic carbocycles. The molecule has 30 heavy (non-hydrogen) atoms. The first-order valence-corrected chi connectivity index (χ1v) is 9.73. The summed E-state index contributed by atoms with van der Waals surface area (Å²) in [5.74, 6) is -1.06. The first kappa shape index (κ1) is 22.9. The lowest BCUT2D eigenvalue weighted by molar-refractivity contribution is -0.149. The lowest BCUT2D eigenvalue weighted by Gasteiger charge is -2.20. The minimum atomic E-state index is -0.885. The fraction of sp³-hybridized carbons (Fsp3) is 0.348. The molecule has 0 radical (unpaired) electrons. The number of nitrogens with one attached hydrogen (secondary N) is 2. The van der Waals surface area contributed by atoms with Crippen LogP contribution in [0, 0.1) is 0 Å². The number of ether oxygens (including phenoxy) is 2. The van der Waals surface area contributed by atoms with Crippen LogP contribution in [0.1, 0.15) is 31.9 Å². The molecule has 7 heteroatoms. The maximum absolute atomic E-state index is 12.6. The molecule has 160 valence electrons. The topological polar surface area (TPSA) is 93.7 Å². The predicted octanol–water partition coefficient (Wildman–Crippen LogP) is 2.98. The van der Waals surface area contributed by atoms with E-state index in [9.17, 15) is 14.4 Å². The summed E-state index contributed by atoms with van der Waals surface area (Å²) in [6.07, 6.45) is -0.434. The number of carbonyl (C=O) groups excluding carboxylic acids is 3. The zero-order chi connectivity index (χ0) is 22.0. The van der Waals surface area contributed by atoms with Gasteiger partial charge in [-0.05, 0) is 31.9 Å². The second-order valence-corrected chi connectivity index (χ2v) is 7.76. The summed E-state index contributed by atoms with van der Waals surface area (Å²) in [6.45, 7) is 4.98. The van der Waals surface area contributed by atoms with Gasteiger partial charge in [-0.2, -0.15) is 0 Å². The van der Waals surface area contributed by atoms with E-state index in [4.69, 9.17) is 9.47 Å². The molecule has 2 N–H and O–H groups in total. The zero-order valence-corrected chi connectivity index (χ0v) is 17.5. The molecule has 0 aliphatic rings. The molecule has 2 amide bonds. The van der Waals surface area contributed by atoms with Crippen molar-refractivity contribution in [3.05, 3.63) is 71.8 Å². The molecule has 2 aromatic rings. The van der Waals surface area contributed by atoms with E-state index in [1.165, 1.54) is 0 Å². The second kappa shape index (κ2) is 11.0. The van der Waals surface area contributed by atoms with Crippen LogP contribution in [0.4, 0.5) is 4.79 Å². The lowest BCUT2D eigenvalue weighted by Crippen LogP contribution is -2.47. The van der Waals surface area contributed by atoms with Crippen molar-refractivity contribution in [2.45, 2.75) is 45.4 Å². The van der Waals surface area contributed by atoms with E-state index in [0.717, 1.165) is 11.1 Å². The van der Waals surface area contributed by atoms with Crippen LogP contribution < -0.4 is 10.6 Å². The van der Waals surface area contributed by atoms with Crippen LogP contribution in [0.3, 0.4) is 0 Å². The fourth-order valence-corrected chi connectivity index (χ4v) is 2.58. The number of alkyl carbamates (subject to hydrolysis) is 1. The van der Waals surface area contributed by atoms with Gasteiger partial charge in [-0.15, -0.1) is 0 Å². The molecule has 0 saturated carbocycles. The van der Waals surface area contributed by atoms with Gasteiger partial charge in [-0.1, -0.05) is 60.7 Å². The molecular weight excluding hydrogens is 384 g/mol. The van der Waals surface area contributed by atoms with Gasteiger partial charge in [-0.25, -0.2) is 9.59 Å². The monoisotopic (exact) mass is 412 g/mol. The van der Waals surface area contributed by atoms with Crippen LogP contribution in [-0.2, 0) is 32.1 Å². The van der Waals surface area contributed by atoms with E-state index < -0.39 is 29.6 Å². The molecule has 0 heterocycles. The van der Waals surface area contributed by atoms with Crippen molar-refractivity contribution in [1.82, 2.24) is 10.6 Å².